The molecule has 0 radical (unpaired) electrons. The third kappa shape index (κ3) is 3.38. The molecule has 2 unspecified atom stereocenters. The first-order chi connectivity index (χ1) is 10.6. The van der Waals surface area contributed by atoms with Crippen LogP contribution in [0.4, 0.5) is 4.79 Å². The predicted octanol–water partition coefficient (Wildman–Crippen LogP) is 3.76. The van der Waals surface area contributed by atoms with Crippen molar-refractivity contribution in [3.63, 3.8) is 0 Å². The molecule has 23 heavy (non-hydrogen) atoms. The Labute approximate surface area is 137 Å². The Balaban J connectivity index is 1.76. The highest BCUT2D eigenvalue weighted by molar-refractivity contribution is 5.81. The van der Waals surface area contributed by atoms with Gasteiger partial charge in [0.1, 0.15) is 16.8 Å². The summed E-state index contributed by atoms with van der Waals surface area (Å²) in [5.41, 5.74) is -1.63. The molecule has 0 aromatic heterocycles. The minimum Gasteiger partial charge on any atom is -0.456 e. The van der Waals surface area contributed by atoms with Crippen LogP contribution in [-0.4, -0.2) is 28.9 Å². The summed E-state index contributed by atoms with van der Waals surface area (Å²) in [7, 11) is 0. The van der Waals surface area contributed by atoms with Crippen LogP contribution in [-0.2, 0) is 19.0 Å². The second kappa shape index (κ2) is 5.25. The van der Waals surface area contributed by atoms with Gasteiger partial charge in [-0.3, -0.25) is 0 Å². The van der Waals surface area contributed by atoms with Crippen LogP contribution in [0.5, 0.6) is 0 Å². The molecule has 0 heterocycles. The SMILES string of the molecule is C=CC(=O)OC12CC3CC(C1)CC(OC(=O)OC(C)(C)C)(C3)C2. The van der Waals surface area contributed by atoms with Crippen molar-refractivity contribution in [1.82, 2.24) is 0 Å². The predicted molar refractivity (Wildman–Crippen MR) is 83.8 cm³/mol. The normalized spacial score (nSPS) is 38.0. The van der Waals surface area contributed by atoms with Crippen LogP contribution in [0.3, 0.4) is 0 Å². The lowest BCUT2D eigenvalue weighted by molar-refractivity contribution is -0.222. The first-order valence-corrected chi connectivity index (χ1v) is 8.40. The molecule has 0 saturated heterocycles. The van der Waals surface area contributed by atoms with Gasteiger partial charge in [-0.2, -0.15) is 0 Å². The van der Waals surface area contributed by atoms with Crippen molar-refractivity contribution < 1.29 is 23.8 Å². The molecule has 4 bridgehead atoms. The Bertz CT molecular complexity index is 516. The van der Waals surface area contributed by atoms with Gasteiger partial charge in [0.15, 0.2) is 0 Å². The maximum atomic E-state index is 12.2. The van der Waals surface area contributed by atoms with Crippen LogP contribution in [0.1, 0.15) is 59.3 Å². The molecule has 5 heteroatoms. The standard InChI is InChI=1S/C18H26O5/c1-5-14(19)21-17-7-12-6-13(8-17)10-18(9-12,11-17)23-15(20)22-16(2,3)4/h5,12-13H,1,6-11H2,2-4H3. The van der Waals surface area contributed by atoms with Gasteiger partial charge in [-0.1, -0.05) is 6.58 Å². The summed E-state index contributed by atoms with van der Waals surface area (Å²) < 4.78 is 16.8. The molecule has 4 rings (SSSR count). The highest BCUT2D eigenvalue weighted by Gasteiger charge is 2.61. The molecule has 0 aromatic carbocycles. The molecule has 4 aliphatic carbocycles. The summed E-state index contributed by atoms with van der Waals surface area (Å²) in [4.78, 5) is 23.9. The second-order valence-corrected chi connectivity index (χ2v) is 8.52. The average Bonchev–Trinajstić information content (AvgIpc) is 2.32. The molecular weight excluding hydrogens is 296 g/mol. The van der Waals surface area contributed by atoms with Gasteiger partial charge in [-0.25, -0.2) is 9.59 Å². The van der Waals surface area contributed by atoms with Gasteiger partial charge in [0.25, 0.3) is 0 Å². The van der Waals surface area contributed by atoms with Crippen molar-refractivity contribution in [1.29, 1.82) is 0 Å². The van der Waals surface area contributed by atoms with Gasteiger partial charge < -0.3 is 14.2 Å². The van der Waals surface area contributed by atoms with E-state index in [2.05, 4.69) is 6.58 Å². The van der Waals surface area contributed by atoms with Crippen LogP contribution in [0.15, 0.2) is 12.7 Å². The molecule has 4 saturated carbocycles. The zero-order chi connectivity index (χ0) is 16.9. The van der Waals surface area contributed by atoms with Crippen molar-refractivity contribution in [3.05, 3.63) is 12.7 Å². The lowest BCUT2D eigenvalue weighted by Gasteiger charge is -2.59. The van der Waals surface area contributed by atoms with Crippen LogP contribution in [0.2, 0.25) is 0 Å². The van der Waals surface area contributed by atoms with Gasteiger partial charge in [0.2, 0.25) is 0 Å². The van der Waals surface area contributed by atoms with E-state index in [0.717, 1.165) is 32.1 Å². The Morgan fingerprint density at radius 1 is 1.04 bits per heavy atom. The number of hydrogen-bond donors (Lipinski definition) is 0. The molecule has 0 amide bonds. The summed E-state index contributed by atoms with van der Waals surface area (Å²) in [5, 5.41) is 0. The number of ether oxygens (including phenoxy) is 3. The maximum Gasteiger partial charge on any atom is 0.509 e. The number of carbonyl (C=O) groups excluding carboxylic acids is 2. The smallest absolute Gasteiger partial charge is 0.456 e. The Morgan fingerprint density at radius 2 is 1.57 bits per heavy atom. The molecule has 128 valence electrons. The lowest BCUT2D eigenvalue weighted by atomic mass is 9.52. The molecular formula is C18H26O5. The highest BCUT2D eigenvalue weighted by Crippen LogP contribution is 2.60. The molecule has 0 aromatic rings. The van der Waals surface area contributed by atoms with Gasteiger partial charge in [0, 0.05) is 12.5 Å². The van der Waals surface area contributed by atoms with E-state index < -0.39 is 23.0 Å². The molecule has 2 atom stereocenters. The number of carbonyl (C=O) groups is 2. The van der Waals surface area contributed by atoms with Crippen molar-refractivity contribution in [2.24, 2.45) is 11.8 Å². The minimum atomic E-state index is -0.621. The van der Waals surface area contributed by atoms with E-state index >= 15 is 0 Å². The van der Waals surface area contributed by atoms with Crippen LogP contribution in [0, 0.1) is 11.8 Å². The van der Waals surface area contributed by atoms with Crippen LogP contribution >= 0.6 is 0 Å². The fourth-order valence-corrected chi connectivity index (χ4v) is 5.04. The first-order valence-electron chi connectivity index (χ1n) is 8.40. The molecule has 4 fully saturated rings. The number of rotatable bonds is 3. The largest absolute Gasteiger partial charge is 0.509 e. The van der Waals surface area contributed by atoms with Crippen molar-refractivity contribution >= 4 is 12.1 Å². The minimum absolute atomic E-state index is 0.389. The molecule has 0 aliphatic heterocycles. The van der Waals surface area contributed by atoms with Crippen molar-refractivity contribution in [2.75, 3.05) is 0 Å². The van der Waals surface area contributed by atoms with E-state index in [0.29, 0.717) is 18.3 Å². The van der Waals surface area contributed by atoms with Gasteiger partial charge in [0.05, 0.1) is 0 Å². The molecule has 4 aliphatic rings. The van der Waals surface area contributed by atoms with Crippen molar-refractivity contribution in [3.8, 4) is 0 Å². The monoisotopic (exact) mass is 322 g/mol. The Kier molecular flexibility index (Phi) is 3.73. The summed E-state index contributed by atoms with van der Waals surface area (Å²) in [6.07, 6.45) is 5.71. The average molecular weight is 322 g/mol. The first kappa shape index (κ1) is 16.3. The Hall–Kier alpha value is -1.52. The van der Waals surface area contributed by atoms with Gasteiger partial charge in [-0.15, -0.1) is 0 Å². The third-order valence-corrected chi connectivity index (χ3v) is 5.13. The van der Waals surface area contributed by atoms with E-state index in [-0.39, 0.29) is 5.97 Å². The van der Waals surface area contributed by atoms with E-state index in [4.69, 9.17) is 14.2 Å². The zero-order valence-corrected chi connectivity index (χ0v) is 14.2. The quantitative estimate of drug-likeness (QED) is 0.585. The third-order valence-electron chi connectivity index (χ3n) is 5.13. The fourth-order valence-electron chi connectivity index (χ4n) is 5.04. The summed E-state index contributed by atoms with van der Waals surface area (Å²) >= 11 is 0. The maximum absolute atomic E-state index is 12.2. The zero-order valence-electron chi connectivity index (χ0n) is 14.2. The second-order valence-electron chi connectivity index (χ2n) is 8.52. The van der Waals surface area contributed by atoms with E-state index in [1.165, 1.54) is 6.08 Å². The van der Waals surface area contributed by atoms with E-state index in [1.807, 2.05) is 20.8 Å². The van der Waals surface area contributed by atoms with Gasteiger partial charge >= 0.3 is 12.1 Å². The lowest BCUT2D eigenvalue weighted by Crippen LogP contribution is -2.61. The molecule has 5 nitrogen and oxygen atoms in total. The van der Waals surface area contributed by atoms with Gasteiger partial charge in [-0.05, 0) is 64.7 Å². The summed E-state index contributed by atoms with van der Waals surface area (Å²) in [5.74, 6) is 0.493. The number of esters is 1. The summed E-state index contributed by atoms with van der Waals surface area (Å²) in [6, 6.07) is 0. The van der Waals surface area contributed by atoms with Crippen molar-refractivity contribution in [2.45, 2.75) is 76.1 Å². The van der Waals surface area contributed by atoms with E-state index in [1.54, 1.807) is 0 Å². The fraction of sp³-hybridized carbons (Fsp3) is 0.778. The summed E-state index contributed by atoms with van der Waals surface area (Å²) in [6.45, 7) is 8.95. The van der Waals surface area contributed by atoms with Crippen LogP contribution < -0.4 is 0 Å². The highest BCUT2D eigenvalue weighted by atomic mass is 16.7. The van der Waals surface area contributed by atoms with Crippen LogP contribution in [0.25, 0.3) is 0 Å². The molecule has 0 spiro atoms. The number of hydrogen-bond acceptors (Lipinski definition) is 5. The van der Waals surface area contributed by atoms with E-state index in [9.17, 15) is 9.59 Å². The molecule has 0 N–H and O–H groups in total. The Morgan fingerprint density at radius 3 is 2.04 bits per heavy atom. The topological polar surface area (TPSA) is 61.8 Å².